The van der Waals surface area contributed by atoms with Crippen LogP contribution in [0.5, 0.6) is 0 Å². The van der Waals surface area contributed by atoms with Crippen molar-refractivity contribution in [3.05, 3.63) is 83.8 Å². The summed E-state index contributed by atoms with van der Waals surface area (Å²) in [6.07, 6.45) is 3.52. The van der Waals surface area contributed by atoms with E-state index in [0.717, 1.165) is 37.3 Å². The predicted molar refractivity (Wildman–Crippen MR) is 104 cm³/mol. The molecule has 0 amide bonds. The number of hydrogen-bond donors (Lipinski definition) is 1. The number of aromatic nitrogens is 2. The first-order chi connectivity index (χ1) is 12.7. The van der Waals surface area contributed by atoms with Gasteiger partial charge in [-0.15, -0.1) is 0 Å². The summed E-state index contributed by atoms with van der Waals surface area (Å²) in [4.78, 5) is 11.0. The molecule has 3 aromatic rings. The summed E-state index contributed by atoms with van der Waals surface area (Å²) in [6, 6.07) is 18.8. The van der Waals surface area contributed by atoms with E-state index < -0.39 is 0 Å². The van der Waals surface area contributed by atoms with Crippen molar-refractivity contribution in [1.29, 1.82) is 0 Å². The molecule has 0 fully saturated rings. The molecule has 0 unspecified atom stereocenters. The van der Waals surface area contributed by atoms with Crippen LogP contribution in [0.15, 0.2) is 66.9 Å². The first-order valence-electron chi connectivity index (χ1n) is 8.77. The highest BCUT2D eigenvalue weighted by Gasteiger charge is 2.06. The minimum Gasteiger partial charge on any atom is -0.370 e. The molecule has 5 heteroatoms. The standard InChI is InChI=1S/C21H23FN4/c1-26(16-13-17-5-3-2-4-6-17)21-24-15-12-20(25-21)23-14-11-18-7-9-19(22)10-8-18/h2-10,12,15H,11,13-14,16H2,1H3,(H,23,24,25). The number of nitrogens with one attached hydrogen (secondary N) is 1. The van der Waals surface area contributed by atoms with E-state index in [1.54, 1.807) is 18.3 Å². The van der Waals surface area contributed by atoms with Crippen molar-refractivity contribution in [2.75, 3.05) is 30.4 Å². The normalized spacial score (nSPS) is 10.5. The molecule has 0 spiro atoms. The molecule has 4 nitrogen and oxygen atoms in total. The largest absolute Gasteiger partial charge is 0.370 e. The van der Waals surface area contributed by atoms with Gasteiger partial charge in [-0.2, -0.15) is 4.98 Å². The predicted octanol–water partition coefficient (Wildman–Crippen LogP) is 3.95. The Morgan fingerprint density at radius 3 is 2.42 bits per heavy atom. The Kier molecular flexibility index (Phi) is 6.14. The number of benzene rings is 2. The van der Waals surface area contributed by atoms with Crippen molar-refractivity contribution in [2.45, 2.75) is 12.8 Å². The molecule has 0 saturated heterocycles. The first-order valence-corrected chi connectivity index (χ1v) is 8.77. The highest BCUT2D eigenvalue weighted by molar-refractivity contribution is 5.41. The molecule has 26 heavy (non-hydrogen) atoms. The van der Waals surface area contributed by atoms with Gasteiger partial charge in [0.2, 0.25) is 5.95 Å². The second kappa shape index (κ2) is 8.94. The zero-order valence-electron chi connectivity index (χ0n) is 14.9. The van der Waals surface area contributed by atoms with Gasteiger partial charge in [-0.3, -0.25) is 0 Å². The lowest BCUT2D eigenvalue weighted by Gasteiger charge is -2.17. The molecule has 1 heterocycles. The summed E-state index contributed by atoms with van der Waals surface area (Å²) < 4.78 is 12.9. The van der Waals surface area contributed by atoms with Crippen molar-refractivity contribution >= 4 is 11.8 Å². The zero-order chi connectivity index (χ0) is 18.2. The molecule has 1 aromatic heterocycles. The maximum Gasteiger partial charge on any atom is 0.226 e. The quantitative estimate of drug-likeness (QED) is 0.668. The fourth-order valence-corrected chi connectivity index (χ4v) is 2.66. The lowest BCUT2D eigenvalue weighted by molar-refractivity contribution is 0.627. The first kappa shape index (κ1) is 17.9. The fraction of sp³-hybridized carbons (Fsp3) is 0.238. The zero-order valence-corrected chi connectivity index (χ0v) is 14.9. The molecule has 0 aliphatic heterocycles. The Hall–Kier alpha value is -2.95. The van der Waals surface area contributed by atoms with E-state index in [2.05, 4.69) is 44.5 Å². The summed E-state index contributed by atoms with van der Waals surface area (Å²) in [5.41, 5.74) is 2.39. The van der Waals surface area contributed by atoms with Crippen LogP contribution in [0, 0.1) is 5.82 Å². The van der Waals surface area contributed by atoms with Crippen LogP contribution in [0.4, 0.5) is 16.2 Å². The van der Waals surface area contributed by atoms with Gasteiger partial charge in [-0.1, -0.05) is 42.5 Å². The second-order valence-electron chi connectivity index (χ2n) is 6.20. The van der Waals surface area contributed by atoms with Gasteiger partial charge in [0.05, 0.1) is 0 Å². The van der Waals surface area contributed by atoms with Crippen LogP contribution in [0.3, 0.4) is 0 Å². The van der Waals surface area contributed by atoms with Gasteiger partial charge in [-0.25, -0.2) is 9.37 Å². The second-order valence-corrected chi connectivity index (χ2v) is 6.20. The van der Waals surface area contributed by atoms with E-state index in [0.29, 0.717) is 5.95 Å². The van der Waals surface area contributed by atoms with Crippen molar-refractivity contribution in [3.8, 4) is 0 Å². The Labute approximate surface area is 153 Å². The number of anilines is 2. The van der Waals surface area contributed by atoms with Crippen LogP contribution in [0.1, 0.15) is 11.1 Å². The average Bonchev–Trinajstić information content (AvgIpc) is 2.69. The number of rotatable bonds is 8. The van der Waals surface area contributed by atoms with Crippen LogP contribution >= 0.6 is 0 Å². The molecule has 134 valence electrons. The molecule has 0 aliphatic carbocycles. The molecule has 0 bridgehead atoms. The van der Waals surface area contributed by atoms with Gasteiger partial charge in [0.25, 0.3) is 0 Å². The van der Waals surface area contributed by atoms with Crippen LogP contribution in [0.25, 0.3) is 0 Å². The van der Waals surface area contributed by atoms with Gasteiger partial charge < -0.3 is 10.2 Å². The van der Waals surface area contributed by atoms with Gasteiger partial charge in [-0.05, 0) is 42.2 Å². The van der Waals surface area contributed by atoms with Crippen LogP contribution in [-0.4, -0.2) is 30.1 Å². The minimum atomic E-state index is -0.208. The molecule has 2 aromatic carbocycles. The monoisotopic (exact) mass is 350 g/mol. The van der Waals surface area contributed by atoms with Crippen LogP contribution < -0.4 is 10.2 Å². The molecule has 0 atom stereocenters. The van der Waals surface area contributed by atoms with E-state index in [9.17, 15) is 4.39 Å². The summed E-state index contributed by atoms with van der Waals surface area (Å²) in [5, 5.41) is 3.31. The third kappa shape index (κ3) is 5.28. The Bertz CT molecular complexity index is 806. The summed E-state index contributed by atoms with van der Waals surface area (Å²) in [5.74, 6) is 1.29. The van der Waals surface area contributed by atoms with Crippen molar-refractivity contribution in [1.82, 2.24) is 9.97 Å². The minimum absolute atomic E-state index is 0.208. The van der Waals surface area contributed by atoms with Gasteiger partial charge in [0.1, 0.15) is 11.6 Å². The molecule has 0 aliphatic rings. The van der Waals surface area contributed by atoms with Gasteiger partial charge >= 0.3 is 0 Å². The molecule has 1 N–H and O–H groups in total. The number of likely N-dealkylation sites (N-methyl/N-ethyl adjacent to an activating group) is 1. The van der Waals surface area contributed by atoms with E-state index >= 15 is 0 Å². The maximum absolute atomic E-state index is 12.9. The summed E-state index contributed by atoms with van der Waals surface area (Å²) in [6.45, 7) is 1.58. The lowest BCUT2D eigenvalue weighted by Crippen LogP contribution is -2.23. The third-order valence-corrected chi connectivity index (χ3v) is 4.20. The van der Waals surface area contributed by atoms with Crippen LogP contribution in [-0.2, 0) is 12.8 Å². The van der Waals surface area contributed by atoms with Gasteiger partial charge in [0.15, 0.2) is 0 Å². The Morgan fingerprint density at radius 2 is 1.65 bits per heavy atom. The van der Waals surface area contributed by atoms with Crippen molar-refractivity contribution in [3.63, 3.8) is 0 Å². The smallest absolute Gasteiger partial charge is 0.226 e. The summed E-state index contributed by atoms with van der Waals surface area (Å²) in [7, 11) is 2.00. The Balaban J connectivity index is 1.51. The Morgan fingerprint density at radius 1 is 0.923 bits per heavy atom. The van der Waals surface area contributed by atoms with Gasteiger partial charge in [0, 0.05) is 26.3 Å². The van der Waals surface area contributed by atoms with E-state index in [1.165, 1.54) is 17.7 Å². The van der Waals surface area contributed by atoms with E-state index in [4.69, 9.17) is 0 Å². The number of hydrogen-bond acceptors (Lipinski definition) is 4. The molecular formula is C21H23FN4. The van der Waals surface area contributed by atoms with Crippen LogP contribution in [0.2, 0.25) is 0 Å². The molecular weight excluding hydrogens is 327 g/mol. The topological polar surface area (TPSA) is 41.1 Å². The molecule has 0 radical (unpaired) electrons. The molecule has 0 saturated carbocycles. The van der Waals surface area contributed by atoms with Crippen molar-refractivity contribution < 1.29 is 4.39 Å². The average molecular weight is 350 g/mol. The lowest BCUT2D eigenvalue weighted by atomic mass is 10.1. The molecule has 3 rings (SSSR count). The number of halogens is 1. The highest BCUT2D eigenvalue weighted by atomic mass is 19.1. The highest BCUT2D eigenvalue weighted by Crippen LogP contribution is 2.11. The van der Waals surface area contributed by atoms with E-state index in [1.807, 2.05) is 19.2 Å². The number of nitrogens with zero attached hydrogens (tertiary/aromatic N) is 3. The van der Waals surface area contributed by atoms with E-state index in [-0.39, 0.29) is 5.82 Å². The fourth-order valence-electron chi connectivity index (χ4n) is 2.66. The maximum atomic E-state index is 12.9. The third-order valence-electron chi connectivity index (χ3n) is 4.20. The SMILES string of the molecule is CN(CCc1ccccc1)c1nccc(NCCc2ccc(F)cc2)n1. The van der Waals surface area contributed by atoms with Crippen molar-refractivity contribution in [2.24, 2.45) is 0 Å². The summed E-state index contributed by atoms with van der Waals surface area (Å²) >= 11 is 0.